The molecule has 0 heterocycles. The zero-order valence-corrected chi connectivity index (χ0v) is 25.4. The zero-order valence-electron chi connectivity index (χ0n) is 24.6. The lowest BCUT2D eigenvalue weighted by molar-refractivity contribution is -0.140. The van der Waals surface area contributed by atoms with Crippen LogP contribution in [-0.4, -0.2) is 54.7 Å². The third-order valence-corrected chi connectivity index (χ3v) is 6.95. The van der Waals surface area contributed by atoms with Gasteiger partial charge in [0.05, 0.1) is 38.3 Å². The molecule has 0 aliphatic rings. The SMILES string of the molecule is C=COC(=O)CCCOc1ccc(C(=O)Sc2ccc(-c3ccc(OC(=O)OCCCCOC(=O)C(=C)CO)cc3)cc2)cc1. The Labute approximate surface area is 265 Å². The molecule has 1 N–H and O–H groups in total. The fourth-order valence-electron chi connectivity index (χ4n) is 3.66. The first-order chi connectivity index (χ1) is 21.8. The van der Waals surface area contributed by atoms with Gasteiger partial charge in [-0.05, 0) is 90.7 Å². The van der Waals surface area contributed by atoms with Gasteiger partial charge in [0.2, 0.25) is 5.12 Å². The lowest BCUT2D eigenvalue weighted by Gasteiger charge is -2.08. The van der Waals surface area contributed by atoms with E-state index < -0.39 is 18.7 Å². The average molecular weight is 635 g/mol. The fraction of sp³-hybridized carbons (Fsp3) is 0.235. The molecule has 10 nitrogen and oxygen atoms in total. The van der Waals surface area contributed by atoms with E-state index in [1.165, 1.54) is 0 Å². The number of benzene rings is 3. The molecule has 0 fully saturated rings. The number of thioether (sulfide) groups is 1. The number of aliphatic hydroxyl groups excluding tert-OH is 1. The van der Waals surface area contributed by atoms with Crippen LogP contribution in [-0.2, 0) is 23.8 Å². The van der Waals surface area contributed by atoms with Crippen LogP contribution in [0.2, 0.25) is 0 Å². The van der Waals surface area contributed by atoms with Crippen molar-refractivity contribution < 1.29 is 48.0 Å². The van der Waals surface area contributed by atoms with Crippen molar-refractivity contribution in [3.8, 4) is 22.6 Å². The Hall–Kier alpha value is -4.87. The third-order valence-electron chi connectivity index (χ3n) is 6.02. The number of carbonyl (C=O) groups is 4. The highest BCUT2D eigenvalue weighted by atomic mass is 32.2. The predicted molar refractivity (Wildman–Crippen MR) is 168 cm³/mol. The summed E-state index contributed by atoms with van der Waals surface area (Å²) in [4.78, 5) is 48.2. The lowest BCUT2D eigenvalue weighted by Crippen LogP contribution is -2.13. The minimum Gasteiger partial charge on any atom is -0.494 e. The van der Waals surface area contributed by atoms with Crippen LogP contribution in [0.5, 0.6) is 11.5 Å². The summed E-state index contributed by atoms with van der Waals surface area (Å²) in [6.45, 7) is 6.82. The molecule has 0 aliphatic carbocycles. The standard InChI is InChI=1S/C34H34O10S/c1-3-40-31(36)7-6-22-41-28-14-10-27(11-15-28)33(38)45-30-18-12-26(13-19-30)25-8-16-29(17-9-25)44-34(39)43-21-5-4-20-42-32(37)24(2)23-35/h3,8-19,35H,1-2,4-7,20-23H2. The Kier molecular flexibility index (Phi) is 14.4. The molecule has 3 aromatic carbocycles. The minimum atomic E-state index is -0.843. The molecule has 0 amide bonds. The quantitative estimate of drug-likeness (QED) is 0.0331. The largest absolute Gasteiger partial charge is 0.513 e. The fourth-order valence-corrected chi connectivity index (χ4v) is 4.40. The van der Waals surface area contributed by atoms with Gasteiger partial charge in [-0.3, -0.25) is 9.59 Å². The van der Waals surface area contributed by atoms with Crippen molar-refractivity contribution >= 4 is 35.0 Å². The van der Waals surface area contributed by atoms with Gasteiger partial charge in [-0.1, -0.05) is 37.4 Å². The second-order valence-electron chi connectivity index (χ2n) is 9.38. The van der Waals surface area contributed by atoms with Gasteiger partial charge in [-0.15, -0.1) is 0 Å². The molecule has 0 radical (unpaired) electrons. The zero-order chi connectivity index (χ0) is 32.4. The van der Waals surface area contributed by atoms with E-state index in [9.17, 15) is 19.2 Å². The number of unbranched alkanes of at least 4 members (excludes halogenated alkanes) is 1. The van der Waals surface area contributed by atoms with E-state index in [0.717, 1.165) is 34.0 Å². The van der Waals surface area contributed by atoms with Crippen molar-refractivity contribution in [2.24, 2.45) is 0 Å². The molecule has 45 heavy (non-hydrogen) atoms. The first-order valence-electron chi connectivity index (χ1n) is 14.1. The number of hydrogen-bond donors (Lipinski definition) is 1. The molecule has 0 bridgehead atoms. The normalized spacial score (nSPS) is 10.3. The third kappa shape index (κ3) is 12.3. The molecule has 11 heteroatoms. The van der Waals surface area contributed by atoms with Crippen molar-refractivity contribution in [1.29, 1.82) is 0 Å². The highest BCUT2D eigenvalue weighted by Crippen LogP contribution is 2.28. The van der Waals surface area contributed by atoms with Gasteiger partial charge in [0, 0.05) is 16.9 Å². The number of aliphatic hydroxyl groups is 1. The van der Waals surface area contributed by atoms with E-state index in [2.05, 4.69) is 17.9 Å². The first-order valence-corrected chi connectivity index (χ1v) is 14.9. The van der Waals surface area contributed by atoms with E-state index in [0.29, 0.717) is 42.9 Å². The summed E-state index contributed by atoms with van der Waals surface area (Å²) >= 11 is 1.11. The molecule has 0 aromatic heterocycles. The Morgan fingerprint density at radius 1 is 0.756 bits per heavy atom. The summed E-state index contributed by atoms with van der Waals surface area (Å²) in [6, 6.07) is 21.3. The number of ether oxygens (including phenoxy) is 5. The Balaban J connectivity index is 1.38. The average Bonchev–Trinajstić information content (AvgIpc) is 3.05. The summed E-state index contributed by atoms with van der Waals surface area (Å²) in [5.41, 5.74) is 2.33. The molecule has 0 unspecified atom stereocenters. The molecule has 0 saturated heterocycles. The Morgan fingerprint density at radius 2 is 1.36 bits per heavy atom. The summed E-state index contributed by atoms with van der Waals surface area (Å²) in [5, 5.41) is 8.71. The van der Waals surface area contributed by atoms with Crippen molar-refractivity contribution in [3.63, 3.8) is 0 Å². The van der Waals surface area contributed by atoms with Crippen molar-refractivity contribution in [3.05, 3.63) is 103 Å². The molecule has 3 aromatic rings. The van der Waals surface area contributed by atoms with Gasteiger partial charge in [0.1, 0.15) is 11.5 Å². The van der Waals surface area contributed by atoms with Crippen LogP contribution < -0.4 is 9.47 Å². The maximum Gasteiger partial charge on any atom is 0.513 e. The monoisotopic (exact) mass is 634 g/mol. The predicted octanol–water partition coefficient (Wildman–Crippen LogP) is 6.52. The second kappa shape index (κ2) is 18.7. The second-order valence-corrected chi connectivity index (χ2v) is 10.4. The minimum absolute atomic E-state index is 0.0185. The van der Waals surface area contributed by atoms with E-state index in [1.54, 1.807) is 48.5 Å². The van der Waals surface area contributed by atoms with Crippen LogP contribution in [0.1, 0.15) is 36.0 Å². The Morgan fingerprint density at radius 3 is 1.98 bits per heavy atom. The van der Waals surface area contributed by atoms with Gasteiger partial charge in [-0.25, -0.2) is 9.59 Å². The van der Waals surface area contributed by atoms with Crippen LogP contribution in [0, 0.1) is 0 Å². The van der Waals surface area contributed by atoms with Crippen molar-refractivity contribution in [1.82, 2.24) is 0 Å². The molecule has 0 atom stereocenters. The van der Waals surface area contributed by atoms with Crippen LogP contribution in [0.4, 0.5) is 4.79 Å². The molecule has 0 saturated carbocycles. The van der Waals surface area contributed by atoms with Crippen LogP contribution in [0.25, 0.3) is 11.1 Å². The van der Waals surface area contributed by atoms with Gasteiger partial charge >= 0.3 is 18.1 Å². The van der Waals surface area contributed by atoms with Gasteiger partial charge < -0.3 is 28.8 Å². The molecular formula is C34H34O10S. The van der Waals surface area contributed by atoms with Gasteiger partial charge in [0.15, 0.2) is 0 Å². The summed E-state index contributed by atoms with van der Waals surface area (Å²) in [6.07, 6.45) is 1.92. The van der Waals surface area contributed by atoms with E-state index in [1.807, 2.05) is 24.3 Å². The number of carbonyl (C=O) groups excluding carboxylic acids is 4. The number of rotatable bonds is 17. The summed E-state index contributed by atoms with van der Waals surface area (Å²) in [7, 11) is 0. The highest BCUT2D eigenvalue weighted by molar-refractivity contribution is 8.14. The maximum absolute atomic E-state index is 12.8. The summed E-state index contributed by atoms with van der Waals surface area (Å²) in [5.74, 6) is -0.0939. The maximum atomic E-state index is 12.8. The molecule has 0 spiro atoms. The molecule has 0 aliphatic heterocycles. The number of hydrogen-bond acceptors (Lipinski definition) is 11. The van der Waals surface area contributed by atoms with Crippen LogP contribution in [0.3, 0.4) is 0 Å². The highest BCUT2D eigenvalue weighted by Gasteiger charge is 2.11. The van der Waals surface area contributed by atoms with E-state index in [4.69, 9.17) is 24.1 Å². The Bertz CT molecular complexity index is 1450. The van der Waals surface area contributed by atoms with E-state index >= 15 is 0 Å². The van der Waals surface area contributed by atoms with Crippen molar-refractivity contribution in [2.45, 2.75) is 30.6 Å². The van der Waals surface area contributed by atoms with E-state index in [-0.39, 0.29) is 36.3 Å². The molecular weight excluding hydrogens is 600 g/mol. The van der Waals surface area contributed by atoms with Gasteiger partial charge in [0.25, 0.3) is 0 Å². The first kappa shape index (κ1) is 34.6. The smallest absolute Gasteiger partial charge is 0.494 e. The van der Waals surface area contributed by atoms with Crippen molar-refractivity contribution in [2.75, 3.05) is 26.4 Å². The summed E-state index contributed by atoms with van der Waals surface area (Å²) < 4.78 is 25.4. The van der Waals surface area contributed by atoms with Gasteiger partial charge in [-0.2, -0.15) is 0 Å². The topological polar surface area (TPSA) is 135 Å². The van der Waals surface area contributed by atoms with Crippen LogP contribution in [0.15, 0.2) is 103 Å². The number of esters is 2. The molecule has 236 valence electrons. The lowest BCUT2D eigenvalue weighted by atomic mass is 10.1. The van der Waals surface area contributed by atoms with Crippen LogP contribution >= 0.6 is 11.8 Å². The molecule has 3 rings (SSSR count).